The molecule has 0 radical (unpaired) electrons. The molecule has 1 atom stereocenters. The number of carbonyl (C=O) groups is 1. The highest BCUT2D eigenvalue weighted by Crippen LogP contribution is 2.15. The first kappa shape index (κ1) is 14.0. The Morgan fingerprint density at radius 1 is 1.47 bits per heavy atom. The second kappa shape index (κ2) is 6.17. The molecule has 3 nitrogen and oxygen atoms in total. The molecule has 0 aliphatic heterocycles. The predicted octanol–water partition coefficient (Wildman–Crippen LogP) is 3.50. The molecule has 2 aromatic heterocycles. The van der Waals surface area contributed by atoms with Gasteiger partial charge in [-0.1, -0.05) is 17.7 Å². The summed E-state index contributed by atoms with van der Waals surface area (Å²) in [5.41, 5.74) is 0.560. The SMILES string of the molecule is CC(Cc1cccs1)N(C)C(=O)c1ccc(Cl)nc1. The largest absolute Gasteiger partial charge is 0.339 e. The molecule has 0 spiro atoms. The third kappa shape index (κ3) is 3.55. The van der Waals surface area contributed by atoms with Gasteiger partial charge in [0.25, 0.3) is 5.91 Å². The van der Waals surface area contributed by atoms with Gasteiger partial charge in [-0.15, -0.1) is 11.3 Å². The van der Waals surface area contributed by atoms with Crippen LogP contribution in [0.15, 0.2) is 35.8 Å². The lowest BCUT2D eigenvalue weighted by atomic mass is 10.1. The topological polar surface area (TPSA) is 33.2 Å². The van der Waals surface area contributed by atoms with Gasteiger partial charge in [-0.05, 0) is 30.5 Å². The van der Waals surface area contributed by atoms with Crippen LogP contribution in [0.3, 0.4) is 0 Å². The van der Waals surface area contributed by atoms with E-state index in [-0.39, 0.29) is 11.9 Å². The lowest BCUT2D eigenvalue weighted by Crippen LogP contribution is -2.36. The van der Waals surface area contributed by atoms with E-state index in [2.05, 4.69) is 11.1 Å². The van der Waals surface area contributed by atoms with Gasteiger partial charge in [-0.3, -0.25) is 4.79 Å². The van der Waals surface area contributed by atoms with Gasteiger partial charge in [0.1, 0.15) is 5.15 Å². The van der Waals surface area contributed by atoms with Crippen molar-refractivity contribution in [2.24, 2.45) is 0 Å². The van der Waals surface area contributed by atoms with E-state index in [0.29, 0.717) is 10.7 Å². The molecule has 1 unspecified atom stereocenters. The maximum atomic E-state index is 12.3. The molecular weight excluding hydrogens is 280 g/mol. The van der Waals surface area contributed by atoms with Crippen molar-refractivity contribution in [3.8, 4) is 0 Å². The van der Waals surface area contributed by atoms with Gasteiger partial charge in [0.15, 0.2) is 0 Å². The van der Waals surface area contributed by atoms with Crippen LogP contribution in [0.4, 0.5) is 0 Å². The number of halogens is 1. The molecule has 0 aromatic carbocycles. The summed E-state index contributed by atoms with van der Waals surface area (Å²) in [7, 11) is 1.81. The molecule has 100 valence electrons. The average molecular weight is 295 g/mol. The van der Waals surface area contributed by atoms with Crippen LogP contribution in [0.2, 0.25) is 5.15 Å². The van der Waals surface area contributed by atoms with Gasteiger partial charge in [0, 0.05) is 30.6 Å². The molecular formula is C14H15ClN2OS. The molecule has 5 heteroatoms. The van der Waals surface area contributed by atoms with Crippen LogP contribution in [-0.2, 0) is 6.42 Å². The Balaban J connectivity index is 2.04. The van der Waals surface area contributed by atoms with Crippen molar-refractivity contribution < 1.29 is 4.79 Å². The number of hydrogen-bond acceptors (Lipinski definition) is 3. The van der Waals surface area contributed by atoms with Crippen molar-refractivity contribution in [2.75, 3.05) is 7.05 Å². The maximum Gasteiger partial charge on any atom is 0.255 e. The third-order valence-electron chi connectivity index (χ3n) is 3.03. The number of thiophene rings is 1. The first-order chi connectivity index (χ1) is 9.08. The van der Waals surface area contributed by atoms with Crippen LogP contribution in [0, 0.1) is 0 Å². The Hall–Kier alpha value is -1.39. The molecule has 0 bridgehead atoms. The smallest absolute Gasteiger partial charge is 0.255 e. The van der Waals surface area contributed by atoms with E-state index in [1.165, 1.54) is 11.1 Å². The summed E-state index contributed by atoms with van der Waals surface area (Å²) in [5, 5.41) is 2.44. The fourth-order valence-electron chi connectivity index (χ4n) is 1.76. The van der Waals surface area contributed by atoms with Crippen molar-refractivity contribution >= 4 is 28.8 Å². The lowest BCUT2D eigenvalue weighted by molar-refractivity contribution is 0.0743. The van der Waals surface area contributed by atoms with E-state index in [0.717, 1.165) is 6.42 Å². The van der Waals surface area contributed by atoms with Gasteiger partial charge in [0.05, 0.1) is 5.56 Å². The minimum Gasteiger partial charge on any atom is -0.339 e. The molecule has 19 heavy (non-hydrogen) atoms. The van der Waals surface area contributed by atoms with Gasteiger partial charge < -0.3 is 4.90 Å². The molecule has 2 aromatic rings. The van der Waals surface area contributed by atoms with Crippen LogP contribution < -0.4 is 0 Å². The normalized spacial score (nSPS) is 12.2. The maximum absolute atomic E-state index is 12.3. The van der Waals surface area contributed by atoms with E-state index < -0.39 is 0 Å². The minimum absolute atomic E-state index is 0.0341. The first-order valence-corrected chi connectivity index (χ1v) is 7.25. The fourth-order valence-corrected chi connectivity index (χ4v) is 2.70. The van der Waals surface area contributed by atoms with Gasteiger partial charge in [-0.2, -0.15) is 0 Å². The summed E-state index contributed by atoms with van der Waals surface area (Å²) in [6.45, 7) is 2.04. The highest BCUT2D eigenvalue weighted by Gasteiger charge is 2.18. The fraction of sp³-hybridized carbons (Fsp3) is 0.286. The predicted molar refractivity (Wildman–Crippen MR) is 78.8 cm³/mol. The molecule has 0 N–H and O–H groups in total. The van der Waals surface area contributed by atoms with Crippen LogP contribution in [0.5, 0.6) is 0 Å². The van der Waals surface area contributed by atoms with E-state index in [1.54, 1.807) is 28.4 Å². The summed E-state index contributed by atoms with van der Waals surface area (Å²) < 4.78 is 0. The number of pyridine rings is 1. The van der Waals surface area contributed by atoms with Crippen molar-refractivity contribution in [3.63, 3.8) is 0 Å². The molecule has 2 heterocycles. The zero-order valence-corrected chi connectivity index (χ0v) is 12.4. The van der Waals surface area contributed by atoms with E-state index in [4.69, 9.17) is 11.6 Å². The van der Waals surface area contributed by atoms with Gasteiger partial charge >= 0.3 is 0 Å². The summed E-state index contributed by atoms with van der Waals surface area (Å²) in [5.74, 6) is -0.0341. The third-order valence-corrected chi connectivity index (χ3v) is 4.15. The number of amides is 1. The first-order valence-electron chi connectivity index (χ1n) is 5.99. The number of carbonyl (C=O) groups excluding carboxylic acids is 1. The molecule has 1 amide bonds. The van der Waals surface area contributed by atoms with E-state index in [1.807, 2.05) is 25.4 Å². The van der Waals surface area contributed by atoms with E-state index in [9.17, 15) is 4.79 Å². The molecule has 0 aliphatic rings. The monoisotopic (exact) mass is 294 g/mol. The van der Waals surface area contributed by atoms with Crippen molar-refractivity contribution in [1.29, 1.82) is 0 Å². The standard InChI is InChI=1S/C14H15ClN2OS/c1-10(8-12-4-3-7-19-12)17(2)14(18)11-5-6-13(15)16-9-11/h3-7,9-10H,8H2,1-2H3. The Bertz CT molecular complexity index is 539. The van der Waals surface area contributed by atoms with Crippen LogP contribution in [0.1, 0.15) is 22.2 Å². The Kier molecular flexibility index (Phi) is 4.56. The Morgan fingerprint density at radius 2 is 2.26 bits per heavy atom. The van der Waals surface area contributed by atoms with Crippen LogP contribution in [-0.4, -0.2) is 28.9 Å². The van der Waals surface area contributed by atoms with Crippen molar-refractivity contribution in [1.82, 2.24) is 9.88 Å². The quantitative estimate of drug-likeness (QED) is 0.809. The summed E-state index contributed by atoms with van der Waals surface area (Å²) in [6, 6.07) is 7.58. The molecule has 0 saturated carbocycles. The Labute approximate surface area is 121 Å². The van der Waals surface area contributed by atoms with Crippen molar-refractivity contribution in [3.05, 3.63) is 51.4 Å². The van der Waals surface area contributed by atoms with Gasteiger partial charge in [0.2, 0.25) is 0 Å². The molecule has 0 aliphatic carbocycles. The van der Waals surface area contributed by atoms with Crippen LogP contribution in [0.25, 0.3) is 0 Å². The lowest BCUT2D eigenvalue weighted by Gasteiger charge is -2.24. The highest BCUT2D eigenvalue weighted by atomic mass is 35.5. The summed E-state index contributed by atoms with van der Waals surface area (Å²) in [4.78, 5) is 19.2. The average Bonchev–Trinajstić information content (AvgIpc) is 2.90. The summed E-state index contributed by atoms with van der Waals surface area (Å²) in [6.07, 6.45) is 2.37. The number of aromatic nitrogens is 1. The van der Waals surface area contributed by atoms with Crippen molar-refractivity contribution in [2.45, 2.75) is 19.4 Å². The number of rotatable bonds is 4. The number of likely N-dealkylation sites (N-methyl/N-ethyl adjacent to an activating group) is 1. The zero-order valence-electron chi connectivity index (χ0n) is 10.8. The van der Waals surface area contributed by atoms with Gasteiger partial charge in [-0.25, -0.2) is 4.98 Å². The second-order valence-electron chi connectivity index (χ2n) is 4.42. The summed E-state index contributed by atoms with van der Waals surface area (Å²) >= 11 is 7.43. The zero-order chi connectivity index (χ0) is 13.8. The second-order valence-corrected chi connectivity index (χ2v) is 5.84. The number of nitrogens with zero attached hydrogens (tertiary/aromatic N) is 2. The molecule has 2 rings (SSSR count). The number of hydrogen-bond donors (Lipinski definition) is 0. The van der Waals surface area contributed by atoms with E-state index >= 15 is 0 Å². The minimum atomic E-state index is -0.0341. The Morgan fingerprint density at radius 3 is 2.84 bits per heavy atom. The highest BCUT2D eigenvalue weighted by molar-refractivity contribution is 7.09. The molecule has 0 saturated heterocycles. The molecule has 0 fully saturated rings. The van der Waals surface area contributed by atoms with Crippen LogP contribution >= 0.6 is 22.9 Å².